The Morgan fingerprint density at radius 3 is 2.91 bits per heavy atom. The fraction of sp³-hybridized carbons (Fsp3) is 0.762. The minimum Gasteiger partial charge on any atom is -0.295 e. The molecule has 2 saturated carbocycles. The molecular weight excluding hydrogens is 268 g/mol. The van der Waals surface area contributed by atoms with E-state index in [1.165, 1.54) is 31.3 Å². The maximum atomic E-state index is 11.8. The predicted molar refractivity (Wildman–Crippen MR) is 90.3 cm³/mol. The highest BCUT2D eigenvalue weighted by molar-refractivity contribution is 5.92. The standard InChI is InChI=1S/C21H30O/c1-4-14-5-7-18-17-8-6-15-12-16(22)9-10-21(15,3)19(17)11-13(2)20(14)18/h6,8,12-14,17-20H,4-5,7,9-11H2,1-3H3/t13-,14+,17?,18?,19?,20?,21+/m1/s1. The quantitative estimate of drug-likeness (QED) is 0.652. The van der Waals surface area contributed by atoms with Crippen LogP contribution in [0.2, 0.25) is 0 Å². The van der Waals surface area contributed by atoms with E-state index in [4.69, 9.17) is 0 Å². The average Bonchev–Trinajstić information content (AvgIpc) is 2.94. The van der Waals surface area contributed by atoms with Crippen molar-refractivity contribution in [3.8, 4) is 0 Å². The Labute approximate surface area is 135 Å². The van der Waals surface area contributed by atoms with Gasteiger partial charge in [0.25, 0.3) is 0 Å². The van der Waals surface area contributed by atoms with Gasteiger partial charge in [0, 0.05) is 6.42 Å². The van der Waals surface area contributed by atoms with Gasteiger partial charge in [-0.2, -0.15) is 0 Å². The monoisotopic (exact) mass is 298 g/mol. The van der Waals surface area contributed by atoms with Crippen molar-refractivity contribution in [3.63, 3.8) is 0 Å². The van der Waals surface area contributed by atoms with Gasteiger partial charge in [0.1, 0.15) is 0 Å². The fourth-order valence-electron chi connectivity index (χ4n) is 6.72. The van der Waals surface area contributed by atoms with Crippen LogP contribution in [0.25, 0.3) is 0 Å². The lowest BCUT2D eigenvalue weighted by molar-refractivity contribution is -0.116. The Morgan fingerprint density at radius 1 is 1.32 bits per heavy atom. The van der Waals surface area contributed by atoms with Crippen molar-refractivity contribution in [2.45, 2.75) is 59.3 Å². The van der Waals surface area contributed by atoms with E-state index in [0.717, 1.165) is 48.3 Å². The van der Waals surface area contributed by atoms with Crippen molar-refractivity contribution < 1.29 is 4.79 Å². The van der Waals surface area contributed by atoms with E-state index in [1.54, 1.807) is 0 Å². The summed E-state index contributed by atoms with van der Waals surface area (Å²) in [5, 5.41) is 0. The van der Waals surface area contributed by atoms with Crippen LogP contribution in [0.3, 0.4) is 0 Å². The summed E-state index contributed by atoms with van der Waals surface area (Å²) >= 11 is 0. The highest BCUT2D eigenvalue weighted by atomic mass is 16.1. The molecule has 0 aromatic rings. The van der Waals surface area contributed by atoms with Crippen molar-refractivity contribution in [1.82, 2.24) is 0 Å². The van der Waals surface area contributed by atoms with E-state index in [1.807, 2.05) is 6.08 Å². The van der Waals surface area contributed by atoms with Gasteiger partial charge in [0.2, 0.25) is 0 Å². The van der Waals surface area contributed by atoms with Crippen LogP contribution in [0.4, 0.5) is 0 Å². The highest BCUT2D eigenvalue weighted by Gasteiger charge is 2.54. The lowest BCUT2D eigenvalue weighted by Crippen LogP contribution is -2.48. The van der Waals surface area contributed by atoms with Gasteiger partial charge >= 0.3 is 0 Å². The van der Waals surface area contributed by atoms with E-state index >= 15 is 0 Å². The second-order valence-corrected chi connectivity index (χ2v) is 8.73. The van der Waals surface area contributed by atoms with Gasteiger partial charge in [0.15, 0.2) is 5.78 Å². The fourth-order valence-corrected chi connectivity index (χ4v) is 6.72. The van der Waals surface area contributed by atoms with Crippen LogP contribution in [0.15, 0.2) is 23.8 Å². The van der Waals surface area contributed by atoms with E-state index < -0.39 is 0 Å². The van der Waals surface area contributed by atoms with E-state index in [9.17, 15) is 4.79 Å². The summed E-state index contributed by atoms with van der Waals surface area (Å²) in [5.41, 5.74) is 1.59. The van der Waals surface area contributed by atoms with Gasteiger partial charge in [-0.15, -0.1) is 0 Å². The highest BCUT2D eigenvalue weighted by Crippen LogP contribution is 2.62. The minimum absolute atomic E-state index is 0.261. The Hall–Kier alpha value is -0.850. The van der Waals surface area contributed by atoms with Crippen LogP contribution in [0, 0.1) is 40.9 Å². The zero-order valence-corrected chi connectivity index (χ0v) is 14.3. The summed E-state index contributed by atoms with van der Waals surface area (Å²) in [6.45, 7) is 7.35. The van der Waals surface area contributed by atoms with Gasteiger partial charge in [-0.3, -0.25) is 4.79 Å². The third-order valence-electron chi connectivity index (χ3n) is 7.86. The van der Waals surface area contributed by atoms with Crippen molar-refractivity contribution in [2.24, 2.45) is 40.9 Å². The summed E-state index contributed by atoms with van der Waals surface area (Å²) in [5.74, 6) is 5.56. The topological polar surface area (TPSA) is 17.1 Å². The number of hydrogen-bond acceptors (Lipinski definition) is 1. The van der Waals surface area contributed by atoms with Gasteiger partial charge in [0.05, 0.1) is 0 Å². The predicted octanol–water partition coefficient (Wildman–Crippen LogP) is 5.18. The average molecular weight is 298 g/mol. The first-order chi connectivity index (χ1) is 10.5. The Morgan fingerprint density at radius 2 is 2.14 bits per heavy atom. The number of carbonyl (C=O) groups is 1. The van der Waals surface area contributed by atoms with Gasteiger partial charge in [-0.1, -0.05) is 39.3 Å². The van der Waals surface area contributed by atoms with Crippen LogP contribution < -0.4 is 0 Å². The van der Waals surface area contributed by atoms with Gasteiger partial charge in [-0.25, -0.2) is 0 Å². The van der Waals surface area contributed by atoms with Crippen LogP contribution in [0.5, 0.6) is 0 Å². The molecule has 7 atom stereocenters. The second-order valence-electron chi connectivity index (χ2n) is 8.73. The summed E-state index contributed by atoms with van der Waals surface area (Å²) in [6.07, 6.45) is 14.2. The molecule has 0 heterocycles. The Bertz CT molecular complexity index is 542. The second kappa shape index (κ2) is 5.08. The normalized spacial score (nSPS) is 50.1. The molecule has 1 nitrogen and oxygen atoms in total. The maximum Gasteiger partial charge on any atom is 0.156 e. The molecule has 120 valence electrons. The molecule has 0 aliphatic heterocycles. The lowest BCUT2D eigenvalue weighted by Gasteiger charge is -2.54. The van der Waals surface area contributed by atoms with Crippen molar-refractivity contribution in [2.75, 3.05) is 0 Å². The van der Waals surface area contributed by atoms with E-state index in [0.29, 0.717) is 5.78 Å². The van der Waals surface area contributed by atoms with Crippen LogP contribution in [-0.4, -0.2) is 5.78 Å². The molecule has 2 fully saturated rings. The molecule has 0 amide bonds. The number of ketones is 1. The summed E-state index contributed by atoms with van der Waals surface area (Å²) in [7, 11) is 0. The molecule has 0 radical (unpaired) electrons. The lowest BCUT2D eigenvalue weighted by atomic mass is 9.50. The summed E-state index contributed by atoms with van der Waals surface area (Å²) in [4.78, 5) is 11.8. The number of allylic oxidation sites excluding steroid dienone is 4. The first kappa shape index (κ1) is 14.7. The molecule has 0 aromatic heterocycles. The number of rotatable bonds is 1. The van der Waals surface area contributed by atoms with Crippen molar-refractivity contribution in [1.29, 1.82) is 0 Å². The number of fused-ring (bicyclic) bond motifs is 5. The molecule has 0 saturated heterocycles. The van der Waals surface area contributed by atoms with Crippen molar-refractivity contribution >= 4 is 5.78 Å². The van der Waals surface area contributed by atoms with Gasteiger partial charge in [-0.05, 0) is 78.3 Å². The van der Waals surface area contributed by atoms with Crippen LogP contribution in [-0.2, 0) is 4.79 Å². The molecule has 4 rings (SSSR count). The van der Waals surface area contributed by atoms with Crippen molar-refractivity contribution in [3.05, 3.63) is 23.8 Å². The van der Waals surface area contributed by atoms with Crippen LogP contribution >= 0.6 is 0 Å². The summed E-state index contributed by atoms with van der Waals surface area (Å²) in [6, 6.07) is 0. The molecule has 4 aliphatic carbocycles. The van der Waals surface area contributed by atoms with E-state index in [-0.39, 0.29) is 5.41 Å². The smallest absolute Gasteiger partial charge is 0.156 e. The third kappa shape index (κ3) is 1.93. The molecular formula is C21H30O. The Balaban J connectivity index is 1.72. The largest absolute Gasteiger partial charge is 0.295 e. The molecule has 0 aromatic carbocycles. The molecule has 22 heavy (non-hydrogen) atoms. The first-order valence-electron chi connectivity index (χ1n) is 9.47. The third-order valence-corrected chi connectivity index (χ3v) is 7.86. The number of carbonyl (C=O) groups excluding carboxylic acids is 1. The minimum atomic E-state index is 0.261. The zero-order valence-electron chi connectivity index (χ0n) is 14.3. The maximum absolute atomic E-state index is 11.8. The molecule has 0 N–H and O–H groups in total. The SMILES string of the molecule is CC[C@H]1CCC2C3C=CC4=CC(=O)CC[C@]4(C)C3C[C@@H](C)C21. The zero-order chi connectivity index (χ0) is 15.5. The molecule has 4 aliphatic rings. The molecule has 0 bridgehead atoms. The van der Waals surface area contributed by atoms with E-state index in [2.05, 4.69) is 32.9 Å². The molecule has 1 heteroatoms. The number of hydrogen-bond donors (Lipinski definition) is 0. The molecule has 0 spiro atoms. The van der Waals surface area contributed by atoms with Crippen LogP contribution in [0.1, 0.15) is 59.3 Å². The Kier molecular flexibility index (Phi) is 3.40. The first-order valence-corrected chi connectivity index (χ1v) is 9.47. The summed E-state index contributed by atoms with van der Waals surface area (Å²) < 4.78 is 0. The van der Waals surface area contributed by atoms with Gasteiger partial charge < -0.3 is 0 Å². The molecule has 4 unspecified atom stereocenters.